The molecule has 1 saturated carbocycles. The Kier molecular flexibility index (Phi) is 4.81. The largest absolute Gasteiger partial charge is 0.360 e. The summed E-state index contributed by atoms with van der Waals surface area (Å²) in [6.45, 7) is 5.23. The van der Waals surface area contributed by atoms with Gasteiger partial charge < -0.3 is 9.42 Å². The number of rotatable bonds is 5. The van der Waals surface area contributed by atoms with E-state index in [0.29, 0.717) is 17.5 Å². The molecule has 138 valence electrons. The molecule has 0 radical (unpaired) electrons. The molecule has 5 nitrogen and oxygen atoms in total. The molecule has 1 aromatic carbocycles. The molecular formula is C21H27N3O2. The minimum atomic E-state index is -0.0194. The molecule has 5 heteroatoms. The average Bonchev–Trinajstić information content (AvgIpc) is 3.38. The summed E-state index contributed by atoms with van der Waals surface area (Å²) in [7, 11) is 1.90. The van der Waals surface area contributed by atoms with Crippen LogP contribution >= 0.6 is 0 Å². The second kappa shape index (κ2) is 7.23. The van der Waals surface area contributed by atoms with Crippen LogP contribution in [0.15, 0.2) is 40.9 Å². The van der Waals surface area contributed by atoms with Crippen molar-refractivity contribution in [3.8, 4) is 0 Å². The predicted molar refractivity (Wildman–Crippen MR) is 99.9 cm³/mol. The van der Waals surface area contributed by atoms with E-state index >= 15 is 0 Å². The lowest BCUT2D eigenvalue weighted by molar-refractivity contribution is 0.0489. The molecular weight excluding hydrogens is 326 g/mol. The minimum Gasteiger partial charge on any atom is -0.360 e. The maximum Gasteiger partial charge on any atom is 0.276 e. The number of amides is 1. The number of hydrogen-bond acceptors (Lipinski definition) is 4. The van der Waals surface area contributed by atoms with Crippen LogP contribution in [0, 0.1) is 5.92 Å². The zero-order valence-electron chi connectivity index (χ0n) is 15.6. The average molecular weight is 353 g/mol. The molecule has 0 unspecified atom stereocenters. The van der Waals surface area contributed by atoms with E-state index in [1.54, 1.807) is 0 Å². The van der Waals surface area contributed by atoms with E-state index in [0.717, 1.165) is 44.7 Å². The van der Waals surface area contributed by atoms with Crippen LogP contribution in [-0.4, -0.2) is 47.0 Å². The molecule has 4 rings (SSSR count). The summed E-state index contributed by atoms with van der Waals surface area (Å²) in [6.07, 6.45) is 3.29. The van der Waals surface area contributed by atoms with Gasteiger partial charge in [0.05, 0.1) is 0 Å². The van der Waals surface area contributed by atoms with Crippen LogP contribution in [-0.2, 0) is 6.54 Å². The van der Waals surface area contributed by atoms with Crippen molar-refractivity contribution in [1.29, 1.82) is 0 Å². The third-order valence-electron chi connectivity index (χ3n) is 5.74. The van der Waals surface area contributed by atoms with Gasteiger partial charge in [0.25, 0.3) is 5.91 Å². The Morgan fingerprint density at radius 2 is 2.04 bits per heavy atom. The second-order valence-electron chi connectivity index (χ2n) is 7.86. The van der Waals surface area contributed by atoms with Crippen molar-refractivity contribution in [1.82, 2.24) is 15.0 Å². The number of hydrogen-bond donors (Lipinski definition) is 0. The van der Waals surface area contributed by atoms with Crippen molar-refractivity contribution in [3.63, 3.8) is 0 Å². The Balaban J connectivity index is 1.36. The Morgan fingerprint density at radius 3 is 2.73 bits per heavy atom. The van der Waals surface area contributed by atoms with Crippen LogP contribution in [0.1, 0.15) is 53.9 Å². The summed E-state index contributed by atoms with van der Waals surface area (Å²) in [6, 6.07) is 12.7. The van der Waals surface area contributed by atoms with Crippen molar-refractivity contribution >= 4 is 5.91 Å². The number of nitrogens with zero attached hydrogens (tertiary/aromatic N) is 3. The Bertz CT molecular complexity index is 754. The van der Waals surface area contributed by atoms with Crippen molar-refractivity contribution in [3.05, 3.63) is 53.4 Å². The van der Waals surface area contributed by atoms with Crippen molar-refractivity contribution in [2.45, 2.75) is 44.7 Å². The van der Waals surface area contributed by atoms with Gasteiger partial charge in [0.2, 0.25) is 0 Å². The summed E-state index contributed by atoms with van der Waals surface area (Å²) in [5.74, 6) is 1.76. The molecule has 2 aliphatic rings. The fourth-order valence-corrected chi connectivity index (χ4v) is 4.06. The molecule has 1 aromatic heterocycles. The summed E-state index contributed by atoms with van der Waals surface area (Å²) >= 11 is 0. The van der Waals surface area contributed by atoms with Crippen LogP contribution in [0.4, 0.5) is 0 Å². The van der Waals surface area contributed by atoms with Crippen LogP contribution in [0.5, 0.6) is 0 Å². The lowest BCUT2D eigenvalue weighted by atomic mass is 9.92. The van der Waals surface area contributed by atoms with E-state index in [1.165, 1.54) is 5.56 Å². The molecule has 0 bridgehead atoms. The Labute approximate surface area is 155 Å². The van der Waals surface area contributed by atoms with E-state index in [1.807, 2.05) is 18.0 Å². The van der Waals surface area contributed by atoms with E-state index < -0.39 is 0 Å². The molecule has 1 aliphatic heterocycles. The lowest BCUT2D eigenvalue weighted by Gasteiger charge is -2.41. The van der Waals surface area contributed by atoms with Crippen molar-refractivity contribution < 1.29 is 9.32 Å². The van der Waals surface area contributed by atoms with Gasteiger partial charge in [-0.15, -0.1) is 0 Å². The molecule has 2 aromatic rings. The SMILES string of the molecule is C[C@@H]1CN(Cc2ccccc2)CC[C@H]1N(C)C(=O)c1cc(C2CC2)on1. The van der Waals surface area contributed by atoms with Gasteiger partial charge in [0.1, 0.15) is 5.76 Å². The maximum atomic E-state index is 12.8. The first kappa shape index (κ1) is 17.3. The van der Waals surface area contributed by atoms with Crippen LogP contribution in [0.2, 0.25) is 0 Å². The Morgan fingerprint density at radius 1 is 1.27 bits per heavy atom. The van der Waals surface area contributed by atoms with Crippen molar-refractivity contribution in [2.75, 3.05) is 20.1 Å². The van der Waals surface area contributed by atoms with E-state index in [4.69, 9.17) is 4.52 Å². The summed E-state index contributed by atoms with van der Waals surface area (Å²) in [5, 5.41) is 4.01. The quantitative estimate of drug-likeness (QED) is 0.825. The minimum absolute atomic E-state index is 0.0194. The molecule has 2 heterocycles. The van der Waals surface area contributed by atoms with Crippen molar-refractivity contribution in [2.24, 2.45) is 5.92 Å². The number of carbonyl (C=O) groups is 1. The van der Waals surface area contributed by atoms with Gasteiger partial charge in [0.15, 0.2) is 5.69 Å². The molecule has 1 amide bonds. The van der Waals surface area contributed by atoms with Gasteiger partial charge in [-0.2, -0.15) is 0 Å². The number of aromatic nitrogens is 1. The molecule has 1 aliphatic carbocycles. The summed E-state index contributed by atoms with van der Waals surface area (Å²) in [5.41, 5.74) is 1.80. The predicted octanol–water partition coefficient (Wildman–Crippen LogP) is 3.53. The normalized spacial score (nSPS) is 23.8. The fourth-order valence-electron chi connectivity index (χ4n) is 4.06. The summed E-state index contributed by atoms with van der Waals surface area (Å²) in [4.78, 5) is 17.2. The number of piperidine rings is 1. The van der Waals surface area contributed by atoms with E-state index in [2.05, 4.69) is 47.3 Å². The monoisotopic (exact) mass is 353 g/mol. The molecule has 2 fully saturated rings. The first-order valence-corrected chi connectivity index (χ1v) is 9.62. The van der Waals surface area contributed by atoms with Gasteiger partial charge in [-0.3, -0.25) is 9.69 Å². The standard InChI is InChI=1S/C21H27N3O2/c1-15-13-24(14-16-6-4-3-5-7-16)11-10-19(15)23(2)21(25)18-12-20(26-22-18)17-8-9-17/h3-7,12,15,17,19H,8-11,13-14H2,1-2H3/t15-,19-/m1/s1. The molecule has 0 N–H and O–H groups in total. The van der Waals surface area contributed by atoms with Gasteiger partial charge in [-0.1, -0.05) is 42.4 Å². The highest BCUT2D eigenvalue weighted by molar-refractivity contribution is 5.92. The highest BCUT2D eigenvalue weighted by Gasteiger charge is 2.34. The molecule has 1 saturated heterocycles. The zero-order valence-corrected chi connectivity index (χ0v) is 15.6. The highest BCUT2D eigenvalue weighted by atomic mass is 16.5. The molecule has 2 atom stereocenters. The fraction of sp³-hybridized carbons (Fsp3) is 0.524. The highest BCUT2D eigenvalue weighted by Crippen LogP contribution is 2.40. The Hall–Kier alpha value is -2.14. The first-order valence-electron chi connectivity index (χ1n) is 9.62. The number of likely N-dealkylation sites (tertiary alicyclic amines) is 1. The zero-order chi connectivity index (χ0) is 18.1. The smallest absolute Gasteiger partial charge is 0.276 e. The lowest BCUT2D eigenvalue weighted by Crippen LogP contribution is -2.50. The van der Waals surface area contributed by atoms with Crippen LogP contribution in [0.25, 0.3) is 0 Å². The molecule has 26 heavy (non-hydrogen) atoms. The van der Waals surface area contributed by atoms with Crippen LogP contribution < -0.4 is 0 Å². The van der Waals surface area contributed by atoms with Crippen LogP contribution in [0.3, 0.4) is 0 Å². The van der Waals surface area contributed by atoms with E-state index in [-0.39, 0.29) is 11.9 Å². The number of benzene rings is 1. The van der Waals surface area contributed by atoms with Gasteiger partial charge in [-0.05, 0) is 30.7 Å². The third-order valence-corrected chi connectivity index (χ3v) is 5.74. The van der Waals surface area contributed by atoms with Gasteiger partial charge in [0, 0.05) is 44.7 Å². The first-order chi connectivity index (χ1) is 12.6. The molecule has 0 spiro atoms. The van der Waals surface area contributed by atoms with Gasteiger partial charge in [-0.25, -0.2) is 0 Å². The topological polar surface area (TPSA) is 49.6 Å². The number of carbonyl (C=O) groups excluding carboxylic acids is 1. The second-order valence-corrected chi connectivity index (χ2v) is 7.86. The third kappa shape index (κ3) is 3.68. The summed E-state index contributed by atoms with van der Waals surface area (Å²) < 4.78 is 5.35. The van der Waals surface area contributed by atoms with E-state index in [9.17, 15) is 4.79 Å². The van der Waals surface area contributed by atoms with Gasteiger partial charge >= 0.3 is 0 Å². The maximum absolute atomic E-state index is 12.8.